The van der Waals surface area contributed by atoms with Crippen LogP contribution in [0, 0.1) is 10.1 Å². The van der Waals surface area contributed by atoms with Crippen LogP contribution < -0.4 is 0 Å². The molecule has 92 valence electrons. The Morgan fingerprint density at radius 1 is 1.28 bits per heavy atom. The predicted molar refractivity (Wildman–Crippen MR) is 71.4 cm³/mol. The van der Waals surface area contributed by atoms with Gasteiger partial charge in [-0.1, -0.05) is 18.2 Å². The SMILES string of the molecule is CCn1cccc1C=C(c1ccccc1)[N+](=O)[O-]. The summed E-state index contributed by atoms with van der Waals surface area (Å²) in [6.45, 7) is 2.80. The van der Waals surface area contributed by atoms with E-state index in [4.69, 9.17) is 0 Å². The van der Waals surface area contributed by atoms with Gasteiger partial charge >= 0.3 is 0 Å². The van der Waals surface area contributed by atoms with Crippen molar-refractivity contribution in [1.29, 1.82) is 0 Å². The van der Waals surface area contributed by atoms with Crippen LogP contribution in [0.5, 0.6) is 0 Å². The average molecular weight is 242 g/mol. The van der Waals surface area contributed by atoms with E-state index in [2.05, 4.69) is 0 Å². The molecule has 4 nitrogen and oxygen atoms in total. The molecule has 0 amide bonds. The minimum absolute atomic E-state index is 0.115. The maximum Gasteiger partial charge on any atom is 0.278 e. The van der Waals surface area contributed by atoms with Gasteiger partial charge in [-0.3, -0.25) is 10.1 Å². The second-order valence-electron chi connectivity index (χ2n) is 3.87. The number of nitrogens with zero attached hydrogens (tertiary/aromatic N) is 2. The fourth-order valence-corrected chi connectivity index (χ4v) is 1.84. The smallest absolute Gasteiger partial charge is 0.278 e. The summed E-state index contributed by atoms with van der Waals surface area (Å²) in [5, 5.41) is 11.2. The van der Waals surface area contributed by atoms with Gasteiger partial charge in [0.25, 0.3) is 5.70 Å². The molecule has 1 heterocycles. The van der Waals surface area contributed by atoms with Crippen LogP contribution in [0.15, 0.2) is 48.7 Å². The average Bonchev–Trinajstić information content (AvgIpc) is 2.83. The summed E-state index contributed by atoms with van der Waals surface area (Å²) in [7, 11) is 0. The molecule has 1 aromatic heterocycles. The fraction of sp³-hybridized carbons (Fsp3) is 0.143. The zero-order valence-corrected chi connectivity index (χ0v) is 10.1. The Kier molecular flexibility index (Phi) is 3.57. The number of hydrogen-bond donors (Lipinski definition) is 0. The summed E-state index contributed by atoms with van der Waals surface area (Å²) in [5.74, 6) is 0. The molecule has 0 aliphatic heterocycles. The van der Waals surface area contributed by atoms with Crippen LogP contribution in [0.3, 0.4) is 0 Å². The summed E-state index contributed by atoms with van der Waals surface area (Å²) < 4.78 is 1.96. The van der Waals surface area contributed by atoms with E-state index >= 15 is 0 Å². The summed E-state index contributed by atoms with van der Waals surface area (Å²) >= 11 is 0. The van der Waals surface area contributed by atoms with Crippen LogP contribution in [0.4, 0.5) is 0 Å². The summed E-state index contributed by atoms with van der Waals surface area (Å²) in [6.07, 6.45) is 3.52. The minimum atomic E-state index is -0.345. The Morgan fingerprint density at radius 3 is 2.61 bits per heavy atom. The highest BCUT2D eigenvalue weighted by Gasteiger charge is 2.14. The van der Waals surface area contributed by atoms with Gasteiger partial charge in [0.05, 0.1) is 10.5 Å². The largest absolute Gasteiger partial charge is 0.348 e. The van der Waals surface area contributed by atoms with E-state index in [-0.39, 0.29) is 10.6 Å². The molecular formula is C14H14N2O2. The zero-order chi connectivity index (χ0) is 13.0. The Bertz CT molecular complexity index is 570. The lowest BCUT2D eigenvalue weighted by molar-refractivity contribution is -0.374. The van der Waals surface area contributed by atoms with E-state index < -0.39 is 0 Å². The maximum atomic E-state index is 11.2. The van der Waals surface area contributed by atoms with E-state index in [1.165, 1.54) is 0 Å². The predicted octanol–water partition coefficient (Wildman–Crippen LogP) is 3.28. The van der Waals surface area contributed by atoms with Gasteiger partial charge in [-0.2, -0.15) is 0 Å². The number of benzene rings is 1. The number of nitro groups is 1. The van der Waals surface area contributed by atoms with Gasteiger partial charge < -0.3 is 4.57 Å². The van der Waals surface area contributed by atoms with E-state index in [1.807, 2.05) is 35.9 Å². The van der Waals surface area contributed by atoms with Crippen molar-refractivity contribution in [1.82, 2.24) is 4.57 Å². The molecule has 18 heavy (non-hydrogen) atoms. The Morgan fingerprint density at radius 2 is 2.00 bits per heavy atom. The Balaban J connectivity index is 2.46. The molecule has 0 saturated carbocycles. The quantitative estimate of drug-likeness (QED) is 0.610. The standard InChI is InChI=1S/C14H14N2O2/c1-2-15-10-6-9-13(15)11-14(16(17)18)12-7-4-3-5-8-12/h3-11H,2H2,1H3. The van der Waals surface area contributed by atoms with Crippen LogP contribution in [0.1, 0.15) is 18.2 Å². The molecule has 0 aliphatic rings. The third-order valence-electron chi connectivity index (χ3n) is 2.76. The van der Waals surface area contributed by atoms with Gasteiger partial charge in [-0.15, -0.1) is 0 Å². The van der Waals surface area contributed by atoms with Crippen LogP contribution in [-0.4, -0.2) is 9.49 Å². The van der Waals surface area contributed by atoms with Gasteiger partial charge in [-0.25, -0.2) is 0 Å². The van der Waals surface area contributed by atoms with E-state index in [9.17, 15) is 10.1 Å². The molecule has 0 saturated heterocycles. The molecule has 0 N–H and O–H groups in total. The second kappa shape index (κ2) is 5.31. The zero-order valence-electron chi connectivity index (χ0n) is 10.1. The molecule has 0 aliphatic carbocycles. The first-order chi connectivity index (χ1) is 8.72. The molecular weight excluding hydrogens is 228 g/mol. The van der Waals surface area contributed by atoms with Crippen molar-refractivity contribution in [2.75, 3.05) is 0 Å². The third kappa shape index (κ3) is 2.48. The minimum Gasteiger partial charge on any atom is -0.348 e. The highest BCUT2D eigenvalue weighted by atomic mass is 16.6. The number of hydrogen-bond acceptors (Lipinski definition) is 2. The molecule has 0 bridgehead atoms. The van der Waals surface area contributed by atoms with Crippen molar-refractivity contribution in [3.8, 4) is 0 Å². The number of aromatic nitrogens is 1. The Hall–Kier alpha value is -2.36. The van der Waals surface area contributed by atoms with Gasteiger partial charge in [0, 0.05) is 24.5 Å². The lowest BCUT2D eigenvalue weighted by Crippen LogP contribution is -2.00. The van der Waals surface area contributed by atoms with Crippen LogP contribution in [0.2, 0.25) is 0 Å². The topological polar surface area (TPSA) is 48.1 Å². The first-order valence-corrected chi connectivity index (χ1v) is 5.79. The Labute approximate surface area is 105 Å². The third-order valence-corrected chi connectivity index (χ3v) is 2.76. The highest BCUT2D eigenvalue weighted by Crippen LogP contribution is 2.19. The van der Waals surface area contributed by atoms with Crippen molar-refractivity contribution in [3.05, 3.63) is 70.0 Å². The second-order valence-corrected chi connectivity index (χ2v) is 3.87. The van der Waals surface area contributed by atoms with Gasteiger partial charge in [0.1, 0.15) is 0 Å². The number of aryl methyl sites for hydroxylation is 1. The summed E-state index contributed by atoms with van der Waals surface area (Å²) in [4.78, 5) is 10.8. The molecule has 0 fully saturated rings. The van der Waals surface area contributed by atoms with Crippen molar-refractivity contribution in [3.63, 3.8) is 0 Å². The first kappa shape index (κ1) is 12.1. The molecule has 0 radical (unpaired) electrons. The van der Waals surface area contributed by atoms with Gasteiger partial charge in [-0.05, 0) is 31.2 Å². The van der Waals surface area contributed by atoms with Crippen molar-refractivity contribution in [2.45, 2.75) is 13.5 Å². The lowest BCUT2D eigenvalue weighted by atomic mass is 10.1. The van der Waals surface area contributed by atoms with Crippen LogP contribution in [-0.2, 0) is 6.54 Å². The van der Waals surface area contributed by atoms with E-state index in [0.717, 1.165) is 12.2 Å². The van der Waals surface area contributed by atoms with Gasteiger partial charge in [0.2, 0.25) is 0 Å². The highest BCUT2D eigenvalue weighted by molar-refractivity contribution is 5.75. The monoisotopic (exact) mass is 242 g/mol. The molecule has 2 rings (SSSR count). The van der Waals surface area contributed by atoms with Gasteiger partial charge in [0.15, 0.2) is 0 Å². The van der Waals surface area contributed by atoms with E-state index in [1.54, 1.807) is 30.3 Å². The van der Waals surface area contributed by atoms with Crippen LogP contribution >= 0.6 is 0 Å². The van der Waals surface area contributed by atoms with Crippen molar-refractivity contribution >= 4 is 11.8 Å². The normalized spacial score (nSPS) is 11.5. The van der Waals surface area contributed by atoms with Crippen LogP contribution in [0.25, 0.3) is 11.8 Å². The van der Waals surface area contributed by atoms with Crippen molar-refractivity contribution in [2.24, 2.45) is 0 Å². The molecule has 0 atom stereocenters. The molecule has 4 heteroatoms. The molecule has 0 unspecified atom stereocenters. The van der Waals surface area contributed by atoms with Crippen molar-refractivity contribution < 1.29 is 4.92 Å². The fourth-order valence-electron chi connectivity index (χ4n) is 1.84. The molecule has 2 aromatic rings. The lowest BCUT2D eigenvalue weighted by Gasteiger charge is -2.02. The first-order valence-electron chi connectivity index (χ1n) is 5.79. The summed E-state index contributed by atoms with van der Waals surface area (Å²) in [5.41, 5.74) is 1.57. The number of rotatable bonds is 4. The summed E-state index contributed by atoms with van der Waals surface area (Å²) in [6, 6.07) is 12.7. The molecule has 0 spiro atoms. The maximum absolute atomic E-state index is 11.2. The molecule has 1 aromatic carbocycles. The van der Waals surface area contributed by atoms with E-state index in [0.29, 0.717) is 5.56 Å².